The Bertz CT molecular complexity index is 1040. The van der Waals surface area contributed by atoms with Gasteiger partial charge in [-0.1, -0.05) is 60.1 Å². The first-order valence-electron chi connectivity index (χ1n) is 9.21. The van der Waals surface area contributed by atoms with Crippen LogP contribution in [0.25, 0.3) is 0 Å². The van der Waals surface area contributed by atoms with E-state index < -0.39 is 11.9 Å². The summed E-state index contributed by atoms with van der Waals surface area (Å²) in [6, 6.07) is 14.0. The number of benzene rings is 2. The monoisotopic (exact) mass is 410 g/mol. The number of anilines is 1. The van der Waals surface area contributed by atoms with Gasteiger partial charge in [0.2, 0.25) is 0 Å². The second kappa shape index (κ2) is 8.49. The smallest absolute Gasteiger partial charge is 0.257 e. The minimum absolute atomic E-state index is 0.224. The van der Waals surface area contributed by atoms with Crippen molar-refractivity contribution < 1.29 is 9.59 Å². The topological polar surface area (TPSA) is 76.0 Å². The van der Waals surface area contributed by atoms with Gasteiger partial charge in [0.05, 0.1) is 11.3 Å². The fourth-order valence-corrected chi connectivity index (χ4v) is 3.50. The molecule has 0 aliphatic heterocycles. The summed E-state index contributed by atoms with van der Waals surface area (Å²) in [5.41, 5.74) is 4.06. The molecule has 0 fully saturated rings. The number of nitrogens with one attached hydrogen (secondary N) is 2. The van der Waals surface area contributed by atoms with Crippen LogP contribution in [-0.4, -0.2) is 21.6 Å². The van der Waals surface area contributed by atoms with Crippen molar-refractivity contribution in [1.82, 2.24) is 15.1 Å². The Labute approximate surface area is 174 Å². The molecule has 0 aliphatic carbocycles. The molecular weight excluding hydrogens is 388 g/mol. The van der Waals surface area contributed by atoms with Crippen LogP contribution in [-0.2, 0) is 11.8 Å². The molecule has 150 valence electrons. The molecule has 3 aromatic rings. The van der Waals surface area contributed by atoms with E-state index in [9.17, 15) is 9.59 Å². The number of hydrogen-bond donors (Lipinski definition) is 2. The molecule has 3 rings (SSSR count). The molecule has 0 aliphatic rings. The lowest BCUT2D eigenvalue weighted by atomic mass is 10.0. The van der Waals surface area contributed by atoms with Crippen LogP contribution >= 0.6 is 11.6 Å². The maximum atomic E-state index is 13.2. The van der Waals surface area contributed by atoms with E-state index in [1.165, 1.54) is 4.68 Å². The minimum Gasteiger partial charge on any atom is -0.336 e. The van der Waals surface area contributed by atoms with E-state index in [0.717, 1.165) is 16.8 Å². The number of rotatable bonds is 5. The van der Waals surface area contributed by atoms with Crippen molar-refractivity contribution in [3.8, 4) is 0 Å². The van der Waals surface area contributed by atoms with E-state index in [2.05, 4.69) is 15.7 Å². The molecule has 29 heavy (non-hydrogen) atoms. The van der Waals surface area contributed by atoms with Gasteiger partial charge in [-0.05, 0) is 37.5 Å². The lowest BCUT2D eigenvalue weighted by molar-refractivity contribution is -0.118. The van der Waals surface area contributed by atoms with Gasteiger partial charge in [0.25, 0.3) is 11.8 Å². The van der Waals surface area contributed by atoms with Crippen molar-refractivity contribution in [2.24, 2.45) is 7.05 Å². The van der Waals surface area contributed by atoms with E-state index in [4.69, 9.17) is 11.6 Å². The summed E-state index contributed by atoms with van der Waals surface area (Å²) in [5, 5.41) is 10.2. The second-order valence-electron chi connectivity index (χ2n) is 6.95. The van der Waals surface area contributed by atoms with Crippen LogP contribution in [0.1, 0.15) is 38.8 Å². The number of hydrogen-bond acceptors (Lipinski definition) is 3. The van der Waals surface area contributed by atoms with Crippen LogP contribution in [0.2, 0.25) is 5.15 Å². The third-order valence-electron chi connectivity index (χ3n) is 4.78. The van der Waals surface area contributed by atoms with Crippen LogP contribution in [0.3, 0.4) is 0 Å². The van der Waals surface area contributed by atoms with Gasteiger partial charge in [-0.2, -0.15) is 5.10 Å². The molecule has 1 atom stereocenters. The van der Waals surface area contributed by atoms with E-state index in [0.29, 0.717) is 11.3 Å². The summed E-state index contributed by atoms with van der Waals surface area (Å²) >= 11 is 6.23. The largest absolute Gasteiger partial charge is 0.336 e. The molecule has 0 radical (unpaired) electrons. The van der Waals surface area contributed by atoms with Crippen molar-refractivity contribution in [2.75, 3.05) is 5.32 Å². The summed E-state index contributed by atoms with van der Waals surface area (Å²) < 4.78 is 1.43. The number of carbonyl (C=O) groups excluding carboxylic acids is 2. The Hall–Kier alpha value is -3.12. The number of amides is 2. The number of nitrogens with zero attached hydrogens (tertiary/aromatic N) is 2. The molecule has 6 nitrogen and oxygen atoms in total. The van der Waals surface area contributed by atoms with Crippen molar-refractivity contribution in [3.63, 3.8) is 0 Å². The summed E-state index contributed by atoms with van der Waals surface area (Å²) in [4.78, 5) is 26.1. The highest BCUT2D eigenvalue weighted by atomic mass is 35.5. The van der Waals surface area contributed by atoms with E-state index in [-0.39, 0.29) is 16.6 Å². The zero-order chi connectivity index (χ0) is 21.1. The molecule has 7 heteroatoms. The van der Waals surface area contributed by atoms with Gasteiger partial charge in [0, 0.05) is 12.7 Å². The van der Waals surface area contributed by atoms with Gasteiger partial charge in [-0.15, -0.1) is 0 Å². The Kier molecular flexibility index (Phi) is 6.03. The summed E-state index contributed by atoms with van der Waals surface area (Å²) in [6.07, 6.45) is 0. The van der Waals surface area contributed by atoms with Gasteiger partial charge in [-0.25, -0.2) is 0 Å². The Balaban J connectivity index is 1.93. The number of para-hydroxylation sites is 1. The van der Waals surface area contributed by atoms with E-state index in [1.807, 2.05) is 50.2 Å². The summed E-state index contributed by atoms with van der Waals surface area (Å²) in [7, 11) is 1.66. The fraction of sp³-hybridized carbons (Fsp3) is 0.227. The lowest BCUT2D eigenvalue weighted by Gasteiger charge is -2.20. The maximum Gasteiger partial charge on any atom is 0.257 e. The second-order valence-corrected chi connectivity index (χ2v) is 7.31. The zero-order valence-corrected chi connectivity index (χ0v) is 17.5. The van der Waals surface area contributed by atoms with Crippen molar-refractivity contribution in [2.45, 2.75) is 26.8 Å². The lowest BCUT2D eigenvalue weighted by Crippen LogP contribution is -2.37. The normalized spacial score (nSPS) is 11.8. The molecule has 2 amide bonds. The number of carbonyl (C=O) groups is 2. The van der Waals surface area contributed by atoms with Crippen molar-refractivity contribution in [3.05, 3.63) is 81.6 Å². The van der Waals surface area contributed by atoms with Crippen molar-refractivity contribution >= 4 is 29.1 Å². The number of aromatic nitrogens is 2. The first kappa shape index (κ1) is 20.6. The average Bonchev–Trinajstić information content (AvgIpc) is 2.95. The molecule has 2 N–H and O–H groups in total. The van der Waals surface area contributed by atoms with Gasteiger partial charge in [-0.3, -0.25) is 14.3 Å². The van der Waals surface area contributed by atoms with Gasteiger partial charge in [0.1, 0.15) is 11.2 Å². The van der Waals surface area contributed by atoms with E-state index >= 15 is 0 Å². The molecule has 1 unspecified atom stereocenters. The Morgan fingerprint density at radius 3 is 2.17 bits per heavy atom. The Morgan fingerprint density at radius 1 is 1.00 bits per heavy atom. The fourth-order valence-electron chi connectivity index (χ4n) is 3.24. The molecule has 2 aromatic carbocycles. The third kappa shape index (κ3) is 4.32. The van der Waals surface area contributed by atoms with Crippen LogP contribution in [0.5, 0.6) is 0 Å². The molecule has 0 saturated heterocycles. The number of halogens is 1. The SMILES string of the molecule is Cc1cccc(C)c1NC(=O)C(NC(=O)c1c(C)nn(C)c1Cl)c1ccccc1. The first-order valence-corrected chi connectivity index (χ1v) is 9.59. The number of aryl methyl sites for hydroxylation is 4. The highest BCUT2D eigenvalue weighted by molar-refractivity contribution is 6.33. The molecule has 1 heterocycles. The zero-order valence-electron chi connectivity index (χ0n) is 16.8. The highest BCUT2D eigenvalue weighted by Gasteiger charge is 2.27. The van der Waals surface area contributed by atoms with Crippen molar-refractivity contribution in [1.29, 1.82) is 0 Å². The van der Waals surface area contributed by atoms with Crippen LogP contribution in [0.4, 0.5) is 5.69 Å². The molecule has 1 aromatic heterocycles. The molecule has 0 bridgehead atoms. The molecular formula is C22H23ClN4O2. The summed E-state index contributed by atoms with van der Waals surface area (Å²) in [6.45, 7) is 5.56. The molecule has 0 spiro atoms. The predicted octanol–water partition coefficient (Wildman–Crippen LogP) is 4.11. The average molecular weight is 411 g/mol. The standard InChI is InChI=1S/C22H23ClN4O2/c1-13-9-8-10-14(2)18(13)24-22(29)19(16-11-6-5-7-12-16)25-21(28)17-15(3)26-27(4)20(17)23/h5-12,19H,1-4H3,(H,24,29)(H,25,28). The van der Waals surface area contributed by atoms with Crippen LogP contribution in [0.15, 0.2) is 48.5 Å². The van der Waals surface area contributed by atoms with Crippen LogP contribution in [0, 0.1) is 20.8 Å². The van der Waals surface area contributed by atoms with Gasteiger partial charge >= 0.3 is 0 Å². The van der Waals surface area contributed by atoms with Gasteiger partial charge in [0.15, 0.2) is 0 Å². The quantitative estimate of drug-likeness (QED) is 0.664. The molecule has 0 saturated carbocycles. The van der Waals surface area contributed by atoms with E-state index in [1.54, 1.807) is 26.1 Å². The summed E-state index contributed by atoms with van der Waals surface area (Å²) in [5.74, 6) is -0.786. The van der Waals surface area contributed by atoms with Crippen LogP contribution < -0.4 is 10.6 Å². The van der Waals surface area contributed by atoms with Gasteiger partial charge < -0.3 is 10.6 Å². The maximum absolute atomic E-state index is 13.2. The minimum atomic E-state index is -0.890. The Morgan fingerprint density at radius 2 is 1.62 bits per heavy atom. The third-order valence-corrected chi connectivity index (χ3v) is 5.21. The predicted molar refractivity (Wildman–Crippen MR) is 114 cm³/mol. The highest BCUT2D eigenvalue weighted by Crippen LogP contribution is 2.24. The first-order chi connectivity index (χ1) is 13.8.